The molecule has 6 heterocycles. The van der Waals surface area contributed by atoms with Gasteiger partial charge in [-0.3, -0.25) is 0 Å². The molecule has 17 aromatic rings. The van der Waals surface area contributed by atoms with E-state index in [0.717, 1.165) is 11.4 Å². The summed E-state index contributed by atoms with van der Waals surface area (Å²) in [5.74, 6) is 0. The lowest BCUT2D eigenvalue weighted by Gasteiger charge is -2.26. The van der Waals surface area contributed by atoms with Gasteiger partial charge >= 0.3 is 0 Å². The maximum atomic E-state index is 2.65. The van der Waals surface area contributed by atoms with E-state index in [1.807, 2.05) is 0 Å². The number of fused-ring (bicyclic) bond motifs is 20. The van der Waals surface area contributed by atoms with E-state index in [1.54, 1.807) is 0 Å². The smallest absolute Gasteiger partial charge is 0.0634 e. The maximum Gasteiger partial charge on any atom is 0.0634 e. The molecular formula is C82H70N4. The number of nitrogens with zero attached hydrogens (tertiary/aromatic N) is 4. The van der Waals surface area contributed by atoms with Crippen LogP contribution in [0.4, 0.5) is 0 Å². The molecule has 0 saturated heterocycles. The molecule has 0 saturated carbocycles. The van der Waals surface area contributed by atoms with Gasteiger partial charge in [-0.1, -0.05) is 217 Å². The van der Waals surface area contributed by atoms with Crippen molar-refractivity contribution in [2.45, 2.75) is 105 Å². The Hall–Kier alpha value is -9.38. The van der Waals surface area contributed by atoms with Crippen LogP contribution in [0.3, 0.4) is 0 Å². The minimum atomic E-state index is -0.0273. The Balaban J connectivity index is 1.06. The van der Waals surface area contributed by atoms with E-state index in [2.05, 4.69) is 307 Å². The van der Waals surface area contributed by atoms with Gasteiger partial charge < -0.3 is 17.9 Å². The Morgan fingerprint density at radius 1 is 0.221 bits per heavy atom. The van der Waals surface area contributed by atoms with Crippen LogP contribution in [0.25, 0.3) is 153 Å². The summed E-state index contributed by atoms with van der Waals surface area (Å²) in [7, 11) is 0. The third-order valence-corrected chi connectivity index (χ3v) is 19.6. The predicted octanol–water partition coefficient (Wildman–Crippen LogP) is 22.7. The average molecular weight is 1110 g/mol. The fraction of sp³-hybridized carbons (Fsp3) is 0.195. The highest BCUT2D eigenvalue weighted by Gasteiger charge is 2.31. The summed E-state index contributed by atoms with van der Waals surface area (Å²) >= 11 is 0. The maximum absolute atomic E-state index is 2.65. The van der Waals surface area contributed by atoms with Gasteiger partial charge in [-0.25, -0.2) is 0 Å². The molecule has 11 aromatic carbocycles. The van der Waals surface area contributed by atoms with Crippen molar-refractivity contribution in [3.8, 4) is 33.6 Å². The highest BCUT2D eigenvalue weighted by Crippen LogP contribution is 2.54. The van der Waals surface area contributed by atoms with Crippen molar-refractivity contribution in [3.63, 3.8) is 0 Å². The molecule has 0 atom stereocenters. The van der Waals surface area contributed by atoms with Crippen molar-refractivity contribution in [3.05, 3.63) is 229 Å². The van der Waals surface area contributed by atoms with Gasteiger partial charge in [0.05, 0.1) is 55.2 Å². The highest BCUT2D eigenvalue weighted by molar-refractivity contribution is 6.45. The Morgan fingerprint density at radius 2 is 0.523 bits per heavy atom. The lowest BCUT2D eigenvalue weighted by molar-refractivity contribution is 0.568. The monoisotopic (exact) mass is 1110 g/mol. The lowest BCUT2D eigenvalue weighted by atomic mass is 9.79. The van der Waals surface area contributed by atoms with Gasteiger partial charge in [-0.2, -0.15) is 0 Å². The van der Waals surface area contributed by atoms with E-state index < -0.39 is 0 Å². The summed E-state index contributed by atoms with van der Waals surface area (Å²) < 4.78 is 10.3. The van der Waals surface area contributed by atoms with Crippen LogP contribution in [0.5, 0.6) is 0 Å². The molecule has 0 spiro atoms. The van der Waals surface area contributed by atoms with Crippen molar-refractivity contribution < 1.29 is 0 Å². The standard InChI is InChI=1S/C82H70N4/c1-79(2,3)51-37-49(38-52(43-51)80(4,5)6)47-29-35-69-63(41-47)75-73-61-33-31-56(84-67-27-19-15-23-59(67)60-24-16-20-28-68(60)84)46-72(61)86-70-36-30-48(50-39-53(81(7,8)9)44-54(40-50)82(10,11)12)42-64(70)76(78(73)86)74-62-34-32-55(45-71(62)85(69)77(74)75)83-65-25-17-13-21-57(65)58-22-14-18-26-66(58)83/h13-46H,1-12H3. The van der Waals surface area contributed by atoms with Crippen molar-refractivity contribution in [1.82, 2.24) is 17.9 Å². The first-order chi connectivity index (χ1) is 41.2. The van der Waals surface area contributed by atoms with E-state index in [0.29, 0.717) is 0 Å². The number of benzene rings is 11. The van der Waals surface area contributed by atoms with Crippen LogP contribution in [-0.2, 0) is 21.7 Å². The third kappa shape index (κ3) is 7.10. The van der Waals surface area contributed by atoms with E-state index in [4.69, 9.17) is 0 Å². The zero-order valence-electron chi connectivity index (χ0n) is 51.4. The van der Waals surface area contributed by atoms with Gasteiger partial charge in [0.15, 0.2) is 0 Å². The molecule has 418 valence electrons. The number of hydrogen-bond donors (Lipinski definition) is 0. The Bertz CT molecular complexity index is 5210. The molecule has 0 aliphatic carbocycles. The van der Waals surface area contributed by atoms with E-state index in [1.165, 1.54) is 164 Å². The Kier molecular flexibility index (Phi) is 10.2. The fourth-order valence-corrected chi connectivity index (χ4v) is 15.0. The summed E-state index contributed by atoms with van der Waals surface area (Å²) in [6.45, 7) is 28.2. The highest BCUT2D eigenvalue weighted by atomic mass is 15.0. The summed E-state index contributed by atoms with van der Waals surface area (Å²) in [6.07, 6.45) is 0. The molecular weight excluding hydrogens is 1040 g/mol. The van der Waals surface area contributed by atoms with Gasteiger partial charge in [0, 0.05) is 76.0 Å². The van der Waals surface area contributed by atoms with Crippen molar-refractivity contribution in [1.29, 1.82) is 0 Å². The minimum Gasteiger partial charge on any atom is -0.309 e. The number of para-hydroxylation sites is 4. The molecule has 17 rings (SSSR count). The predicted molar refractivity (Wildman–Crippen MR) is 370 cm³/mol. The number of hydrogen-bond acceptors (Lipinski definition) is 0. The molecule has 4 heteroatoms. The molecule has 6 aromatic heterocycles. The number of aromatic nitrogens is 4. The van der Waals surface area contributed by atoms with Crippen LogP contribution in [-0.4, -0.2) is 17.9 Å². The summed E-state index contributed by atoms with van der Waals surface area (Å²) in [6, 6.07) is 79.7. The molecule has 0 N–H and O–H groups in total. The second-order valence-electron chi connectivity index (χ2n) is 29.1. The normalized spacial score (nSPS) is 13.3. The first-order valence-corrected chi connectivity index (χ1v) is 30.9. The van der Waals surface area contributed by atoms with Crippen LogP contribution in [0, 0.1) is 0 Å². The molecule has 0 fully saturated rings. The van der Waals surface area contributed by atoms with Crippen molar-refractivity contribution in [2.24, 2.45) is 0 Å². The van der Waals surface area contributed by atoms with Gasteiger partial charge in [0.2, 0.25) is 0 Å². The van der Waals surface area contributed by atoms with Crippen LogP contribution in [0.15, 0.2) is 206 Å². The Morgan fingerprint density at radius 3 is 0.837 bits per heavy atom. The second-order valence-corrected chi connectivity index (χ2v) is 29.1. The topological polar surface area (TPSA) is 18.7 Å². The van der Waals surface area contributed by atoms with E-state index >= 15 is 0 Å². The molecule has 4 nitrogen and oxygen atoms in total. The third-order valence-electron chi connectivity index (χ3n) is 19.6. The zero-order valence-corrected chi connectivity index (χ0v) is 51.4. The number of rotatable bonds is 4. The first-order valence-electron chi connectivity index (χ1n) is 30.9. The Labute approximate surface area is 501 Å². The summed E-state index contributed by atoms with van der Waals surface area (Å²) in [5.41, 5.74) is 24.9. The molecule has 0 bridgehead atoms. The summed E-state index contributed by atoms with van der Waals surface area (Å²) in [5, 5.41) is 15.3. The molecule has 0 unspecified atom stereocenters. The fourth-order valence-electron chi connectivity index (χ4n) is 15.0. The largest absolute Gasteiger partial charge is 0.309 e. The molecule has 0 aliphatic heterocycles. The molecule has 86 heavy (non-hydrogen) atoms. The molecule has 0 amide bonds. The molecule has 0 aliphatic rings. The van der Waals surface area contributed by atoms with E-state index in [-0.39, 0.29) is 21.7 Å². The van der Waals surface area contributed by atoms with Crippen molar-refractivity contribution in [2.75, 3.05) is 0 Å². The lowest BCUT2D eigenvalue weighted by Crippen LogP contribution is -2.16. The quantitative estimate of drug-likeness (QED) is 0.167. The van der Waals surface area contributed by atoms with Gasteiger partial charge in [0.25, 0.3) is 0 Å². The van der Waals surface area contributed by atoms with Crippen LogP contribution >= 0.6 is 0 Å². The molecule has 0 radical (unpaired) electrons. The van der Waals surface area contributed by atoms with Crippen molar-refractivity contribution >= 4 is 120 Å². The van der Waals surface area contributed by atoms with Crippen LogP contribution in [0.2, 0.25) is 0 Å². The average Bonchev–Trinajstić information content (AvgIpc) is 1.77. The minimum absolute atomic E-state index is 0.0273. The van der Waals surface area contributed by atoms with Gasteiger partial charge in [-0.05, 0) is 139 Å². The first kappa shape index (κ1) is 51.1. The van der Waals surface area contributed by atoms with Crippen LogP contribution < -0.4 is 0 Å². The second kappa shape index (κ2) is 17.2. The van der Waals surface area contributed by atoms with Crippen LogP contribution in [0.1, 0.15) is 105 Å². The summed E-state index contributed by atoms with van der Waals surface area (Å²) in [4.78, 5) is 0. The van der Waals surface area contributed by atoms with Gasteiger partial charge in [0.1, 0.15) is 0 Å². The van der Waals surface area contributed by atoms with Gasteiger partial charge in [-0.15, -0.1) is 0 Å². The SMILES string of the molecule is CC(C)(C)c1cc(-c2ccc3c(c2)c2c4c5ccc(-n6c7ccccc7c7ccccc76)cc5n5c6ccc(-c7cc(C(C)(C)C)cc(C(C)(C)C)c7)cc6c(c6c7ccc(-n8c9ccccc9c9ccccc98)cc7n3c26)c45)cc(C(C)(C)C)c1. The zero-order chi connectivity index (χ0) is 58.8. The van der Waals surface area contributed by atoms with E-state index in [9.17, 15) is 0 Å².